The minimum Gasteiger partial charge on any atom is -0.438 e. The highest BCUT2D eigenvalue weighted by atomic mass is 32.2. The second-order valence-corrected chi connectivity index (χ2v) is 7.53. The fourth-order valence-corrected chi connectivity index (χ4v) is 3.95. The summed E-state index contributed by atoms with van der Waals surface area (Å²) < 4.78 is 33.5. The smallest absolute Gasteiger partial charge is 0.284 e. The van der Waals surface area contributed by atoms with Gasteiger partial charge in [0.05, 0.1) is 12.0 Å². The van der Waals surface area contributed by atoms with Gasteiger partial charge < -0.3 is 14.7 Å². The van der Waals surface area contributed by atoms with E-state index in [0.29, 0.717) is 26.2 Å². The summed E-state index contributed by atoms with van der Waals surface area (Å²) in [5.41, 5.74) is 6.16. The van der Waals surface area contributed by atoms with Gasteiger partial charge in [-0.05, 0) is 12.1 Å². The lowest BCUT2D eigenvalue weighted by Crippen LogP contribution is -2.48. The van der Waals surface area contributed by atoms with E-state index in [-0.39, 0.29) is 10.9 Å². The molecule has 1 aliphatic heterocycles. The van der Waals surface area contributed by atoms with Gasteiger partial charge in [0.25, 0.3) is 15.9 Å². The highest BCUT2D eigenvalue weighted by Gasteiger charge is 2.31. The third kappa shape index (κ3) is 3.21. The molecule has 0 saturated carbocycles. The summed E-state index contributed by atoms with van der Waals surface area (Å²) in [6.45, 7) is 2.64. The van der Waals surface area contributed by atoms with Crippen LogP contribution in [0.4, 0.5) is 0 Å². The molecule has 3 rings (SSSR count). The van der Waals surface area contributed by atoms with E-state index >= 15 is 0 Å². The first-order chi connectivity index (χ1) is 11.4. The van der Waals surface area contributed by atoms with Crippen molar-refractivity contribution in [3.05, 3.63) is 36.1 Å². The van der Waals surface area contributed by atoms with Crippen LogP contribution in [-0.2, 0) is 23.6 Å². The molecule has 10 heteroatoms. The van der Waals surface area contributed by atoms with Crippen LogP contribution in [-0.4, -0.2) is 59.3 Å². The molecule has 0 aromatic carbocycles. The molecule has 1 aliphatic rings. The standard InChI is InChI=1S/C14H19N5O4S/c1-17-10-16-8-11(17)9-18-4-6-19(7-5-18)24(21,22)13-3-2-12(23-13)14(15)20/h2-3,8,10H,4-7,9H2,1H3,(H2,15,20). The number of nitrogens with zero attached hydrogens (tertiary/aromatic N) is 4. The molecule has 9 nitrogen and oxygen atoms in total. The molecule has 2 aromatic rings. The van der Waals surface area contributed by atoms with Gasteiger partial charge in [0.1, 0.15) is 0 Å². The number of nitrogens with two attached hydrogens (primary N) is 1. The number of carbonyl (C=O) groups excluding carboxylic acids is 1. The Morgan fingerprint density at radius 1 is 1.29 bits per heavy atom. The average molecular weight is 353 g/mol. The first-order valence-electron chi connectivity index (χ1n) is 7.45. The molecule has 2 aromatic heterocycles. The fraction of sp³-hybridized carbons (Fsp3) is 0.429. The molecule has 24 heavy (non-hydrogen) atoms. The molecule has 1 fully saturated rings. The number of primary amides is 1. The SMILES string of the molecule is Cn1cncc1CN1CCN(S(=O)(=O)c2ccc(C(N)=O)o2)CC1. The van der Waals surface area contributed by atoms with Gasteiger partial charge in [-0.3, -0.25) is 9.69 Å². The number of furan rings is 1. The van der Waals surface area contributed by atoms with Crippen LogP contribution in [0, 0.1) is 0 Å². The average Bonchev–Trinajstić information content (AvgIpc) is 3.18. The minimum atomic E-state index is -3.75. The predicted molar refractivity (Wildman–Crippen MR) is 84.5 cm³/mol. The number of carbonyl (C=O) groups is 1. The molecule has 0 unspecified atom stereocenters. The van der Waals surface area contributed by atoms with Crippen LogP contribution < -0.4 is 5.73 Å². The van der Waals surface area contributed by atoms with Gasteiger partial charge in [-0.25, -0.2) is 13.4 Å². The van der Waals surface area contributed by atoms with Gasteiger partial charge >= 0.3 is 0 Å². The lowest BCUT2D eigenvalue weighted by molar-refractivity contribution is 0.0968. The van der Waals surface area contributed by atoms with E-state index in [4.69, 9.17) is 10.2 Å². The number of rotatable bonds is 5. The molecule has 0 radical (unpaired) electrons. The Bertz CT molecular complexity index is 833. The Morgan fingerprint density at radius 2 is 2.00 bits per heavy atom. The number of piperazine rings is 1. The van der Waals surface area contributed by atoms with Crippen LogP contribution in [0.5, 0.6) is 0 Å². The molecule has 0 aliphatic carbocycles. The zero-order chi connectivity index (χ0) is 17.3. The number of amides is 1. The van der Waals surface area contributed by atoms with Crippen LogP contribution >= 0.6 is 0 Å². The Labute approximate surface area is 139 Å². The highest BCUT2D eigenvalue weighted by molar-refractivity contribution is 7.89. The number of imidazole rings is 1. The quantitative estimate of drug-likeness (QED) is 0.783. The maximum atomic E-state index is 12.5. The van der Waals surface area contributed by atoms with E-state index in [1.54, 1.807) is 12.5 Å². The molecule has 0 atom stereocenters. The third-order valence-corrected chi connectivity index (χ3v) is 5.82. The zero-order valence-corrected chi connectivity index (χ0v) is 14.1. The molecular weight excluding hydrogens is 334 g/mol. The Kier molecular flexibility index (Phi) is 4.43. The molecule has 1 amide bonds. The first kappa shape index (κ1) is 16.7. The maximum absolute atomic E-state index is 12.5. The lowest BCUT2D eigenvalue weighted by Gasteiger charge is -2.33. The Hall–Kier alpha value is -2.17. The van der Waals surface area contributed by atoms with Gasteiger partial charge in [0.15, 0.2) is 5.76 Å². The molecule has 0 bridgehead atoms. The van der Waals surface area contributed by atoms with Crippen LogP contribution in [0.15, 0.2) is 34.2 Å². The van der Waals surface area contributed by atoms with Crippen LogP contribution in [0.25, 0.3) is 0 Å². The van der Waals surface area contributed by atoms with Crippen molar-refractivity contribution >= 4 is 15.9 Å². The third-order valence-electron chi connectivity index (χ3n) is 4.05. The van der Waals surface area contributed by atoms with Crippen molar-refractivity contribution in [1.82, 2.24) is 18.8 Å². The molecular formula is C14H19N5O4S. The van der Waals surface area contributed by atoms with E-state index in [9.17, 15) is 13.2 Å². The summed E-state index contributed by atoms with van der Waals surface area (Å²) in [5.74, 6) is -0.958. The molecule has 130 valence electrons. The number of aromatic nitrogens is 2. The summed E-state index contributed by atoms with van der Waals surface area (Å²) in [5, 5.41) is -0.253. The number of aryl methyl sites for hydroxylation is 1. The molecule has 0 spiro atoms. The summed E-state index contributed by atoms with van der Waals surface area (Å²) in [6, 6.07) is 2.53. The molecule has 2 N–H and O–H groups in total. The Morgan fingerprint density at radius 3 is 2.54 bits per heavy atom. The van der Waals surface area contributed by atoms with Gasteiger partial charge in [0.2, 0.25) is 5.09 Å². The monoisotopic (exact) mass is 353 g/mol. The first-order valence-corrected chi connectivity index (χ1v) is 8.89. The normalized spacial score (nSPS) is 17.2. The second kappa shape index (κ2) is 6.38. The van der Waals surface area contributed by atoms with Crippen LogP contribution in [0.1, 0.15) is 16.2 Å². The van der Waals surface area contributed by atoms with Crippen LogP contribution in [0.3, 0.4) is 0 Å². The maximum Gasteiger partial charge on any atom is 0.284 e. The largest absolute Gasteiger partial charge is 0.438 e. The van der Waals surface area contributed by atoms with E-state index in [0.717, 1.165) is 12.2 Å². The van der Waals surface area contributed by atoms with E-state index in [1.165, 1.54) is 16.4 Å². The van der Waals surface area contributed by atoms with Crippen molar-refractivity contribution in [2.75, 3.05) is 26.2 Å². The van der Waals surface area contributed by atoms with Crippen LogP contribution in [0.2, 0.25) is 0 Å². The topological polar surface area (TPSA) is 115 Å². The summed E-state index contributed by atoms with van der Waals surface area (Å²) in [7, 11) is -1.83. The molecule has 3 heterocycles. The van der Waals surface area contributed by atoms with Crippen molar-refractivity contribution < 1.29 is 17.6 Å². The van der Waals surface area contributed by atoms with Gasteiger partial charge in [0, 0.05) is 46.0 Å². The fourth-order valence-electron chi connectivity index (χ4n) is 2.61. The second-order valence-electron chi connectivity index (χ2n) is 5.66. The van der Waals surface area contributed by atoms with E-state index < -0.39 is 15.9 Å². The van der Waals surface area contributed by atoms with Gasteiger partial charge in [-0.2, -0.15) is 4.31 Å². The van der Waals surface area contributed by atoms with E-state index in [1.807, 2.05) is 11.6 Å². The highest BCUT2D eigenvalue weighted by Crippen LogP contribution is 2.20. The van der Waals surface area contributed by atoms with Crippen molar-refractivity contribution in [2.45, 2.75) is 11.6 Å². The zero-order valence-electron chi connectivity index (χ0n) is 13.3. The predicted octanol–water partition coefficient (Wildman–Crippen LogP) is -0.381. The van der Waals surface area contributed by atoms with Gasteiger partial charge in [-0.15, -0.1) is 0 Å². The number of hydrogen-bond donors (Lipinski definition) is 1. The van der Waals surface area contributed by atoms with Crippen molar-refractivity contribution in [3.63, 3.8) is 0 Å². The number of sulfonamides is 1. The van der Waals surface area contributed by atoms with E-state index in [2.05, 4.69) is 9.88 Å². The summed E-state index contributed by atoms with van der Waals surface area (Å²) in [4.78, 5) is 17.3. The number of hydrogen-bond acceptors (Lipinski definition) is 6. The summed E-state index contributed by atoms with van der Waals surface area (Å²) >= 11 is 0. The minimum absolute atomic E-state index is 0.164. The van der Waals surface area contributed by atoms with Crippen molar-refractivity contribution in [2.24, 2.45) is 12.8 Å². The van der Waals surface area contributed by atoms with Crippen molar-refractivity contribution in [1.29, 1.82) is 0 Å². The summed E-state index contributed by atoms with van der Waals surface area (Å²) in [6.07, 6.45) is 3.54. The van der Waals surface area contributed by atoms with Gasteiger partial charge in [-0.1, -0.05) is 0 Å². The van der Waals surface area contributed by atoms with Crippen molar-refractivity contribution in [3.8, 4) is 0 Å². The molecule has 1 saturated heterocycles. The lowest BCUT2D eigenvalue weighted by atomic mass is 10.3. The Balaban J connectivity index is 1.64.